The normalized spacial score (nSPS) is 22.6. The van der Waals surface area contributed by atoms with E-state index in [0.717, 1.165) is 19.4 Å². The second kappa shape index (κ2) is 7.40. The molecule has 2 N–H and O–H groups in total. The molecule has 0 aromatic heterocycles. The third kappa shape index (κ3) is 4.81. The van der Waals surface area contributed by atoms with Crippen molar-refractivity contribution in [2.24, 2.45) is 5.92 Å². The maximum Gasteiger partial charge on any atom is 0.279 e. The lowest BCUT2D eigenvalue weighted by molar-refractivity contribution is 0.164. The quantitative estimate of drug-likeness (QED) is 0.657. The van der Waals surface area contributed by atoms with Crippen LogP contribution in [-0.2, 0) is 10.2 Å². The standard InChI is InChI=1S/C11H25N3O3S/c1-3-13(2)8-6-12-18(16,17)14-7-4-5-11(9-14)10-15/h11-12,15H,3-10H2,1-2H3. The summed E-state index contributed by atoms with van der Waals surface area (Å²) in [6.45, 7) is 5.10. The number of aliphatic hydroxyl groups excluding tert-OH is 1. The monoisotopic (exact) mass is 279 g/mol. The summed E-state index contributed by atoms with van der Waals surface area (Å²) in [5.74, 6) is 0.0774. The molecular formula is C11H25N3O3S. The number of piperidine rings is 1. The van der Waals surface area contributed by atoms with Crippen LogP contribution in [0.4, 0.5) is 0 Å². The Morgan fingerprint density at radius 3 is 2.83 bits per heavy atom. The second-order valence-corrected chi connectivity index (χ2v) is 6.60. The Kier molecular flexibility index (Phi) is 6.51. The molecule has 0 saturated carbocycles. The average molecular weight is 279 g/mol. The number of aliphatic hydroxyl groups is 1. The van der Waals surface area contributed by atoms with Crippen LogP contribution in [0.25, 0.3) is 0 Å². The topological polar surface area (TPSA) is 72.9 Å². The van der Waals surface area contributed by atoms with Crippen LogP contribution in [0.2, 0.25) is 0 Å². The lowest BCUT2D eigenvalue weighted by Gasteiger charge is -2.31. The molecule has 1 aliphatic rings. The summed E-state index contributed by atoms with van der Waals surface area (Å²) < 4.78 is 28.1. The van der Waals surface area contributed by atoms with Crippen LogP contribution in [0.15, 0.2) is 0 Å². The molecule has 108 valence electrons. The summed E-state index contributed by atoms with van der Waals surface area (Å²) in [7, 11) is -1.43. The lowest BCUT2D eigenvalue weighted by Crippen LogP contribution is -2.47. The number of likely N-dealkylation sites (N-methyl/N-ethyl adjacent to an activating group) is 1. The van der Waals surface area contributed by atoms with Crippen molar-refractivity contribution in [2.45, 2.75) is 19.8 Å². The van der Waals surface area contributed by atoms with Crippen molar-refractivity contribution in [3.8, 4) is 0 Å². The van der Waals surface area contributed by atoms with Crippen LogP contribution in [0.1, 0.15) is 19.8 Å². The van der Waals surface area contributed by atoms with E-state index in [2.05, 4.69) is 9.62 Å². The molecule has 1 aliphatic heterocycles. The number of nitrogens with one attached hydrogen (secondary N) is 1. The highest BCUT2D eigenvalue weighted by Gasteiger charge is 2.28. The molecule has 0 spiro atoms. The van der Waals surface area contributed by atoms with Crippen molar-refractivity contribution in [1.82, 2.24) is 13.9 Å². The van der Waals surface area contributed by atoms with Crippen LogP contribution in [0.3, 0.4) is 0 Å². The third-order valence-corrected chi connectivity index (χ3v) is 4.98. The molecular weight excluding hydrogens is 254 g/mol. The van der Waals surface area contributed by atoms with Gasteiger partial charge in [-0.25, -0.2) is 4.72 Å². The fraction of sp³-hybridized carbons (Fsp3) is 1.00. The summed E-state index contributed by atoms with van der Waals surface area (Å²) in [4.78, 5) is 2.05. The van der Waals surface area contributed by atoms with Gasteiger partial charge in [-0.15, -0.1) is 0 Å². The smallest absolute Gasteiger partial charge is 0.279 e. The van der Waals surface area contributed by atoms with Crippen molar-refractivity contribution in [2.75, 3.05) is 46.4 Å². The van der Waals surface area contributed by atoms with E-state index in [4.69, 9.17) is 5.11 Å². The molecule has 6 nitrogen and oxygen atoms in total. The van der Waals surface area contributed by atoms with Crippen molar-refractivity contribution in [3.05, 3.63) is 0 Å². The summed E-state index contributed by atoms with van der Waals surface area (Å²) >= 11 is 0. The highest BCUT2D eigenvalue weighted by molar-refractivity contribution is 7.87. The Morgan fingerprint density at radius 1 is 1.50 bits per heavy atom. The molecule has 0 amide bonds. The Labute approximate surface area is 110 Å². The van der Waals surface area contributed by atoms with E-state index in [1.165, 1.54) is 4.31 Å². The minimum Gasteiger partial charge on any atom is -0.396 e. The summed E-state index contributed by atoms with van der Waals surface area (Å²) in [6, 6.07) is 0. The molecule has 1 fully saturated rings. The minimum absolute atomic E-state index is 0.0601. The summed E-state index contributed by atoms with van der Waals surface area (Å²) in [5.41, 5.74) is 0. The molecule has 0 radical (unpaired) electrons. The first-order valence-corrected chi connectivity index (χ1v) is 7.97. The molecule has 0 bridgehead atoms. The van der Waals surface area contributed by atoms with E-state index in [1.54, 1.807) is 0 Å². The lowest BCUT2D eigenvalue weighted by atomic mass is 10.0. The van der Waals surface area contributed by atoms with Crippen LogP contribution >= 0.6 is 0 Å². The highest BCUT2D eigenvalue weighted by atomic mass is 32.2. The van der Waals surface area contributed by atoms with E-state index in [-0.39, 0.29) is 12.5 Å². The largest absolute Gasteiger partial charge is 0.396 e. The van der Waals surface area contributed by atoms with Gasteiger partial charge in [0.25, 0.3) is 10.2 Å². The molecule has 0 aromatic rings. The molecule has 1 saturated heterocycles. The Bertz CT molecular complexity index is 334. The SMILES string of the molecule is CCN(C)CCNS(=O)(=O)N1CCCC(CO)C1. The van der Waals surface area contributed by atoms with Gasteiger partial charge in [0.15, 0.2) is 0 Å². The first-order chi connectivity index (χ1) is 8.49. The van der Waals surface area contributed by atoms with E-state index in [1.807, 2.05) is 14.0 Å². The van der Waals surface area contributed by atoms with Gasteiger partial charge in [-0.05, 0) is 32.4 Å². The van der Waals surface area contributed by atoms with Gasteiger partial charge < -0.3 is 10.0 Å². The Balaban J connectivity index is 2.42. The highest BCUT2D eigenvalue weighted by Crippen LogP contribution is 2.17. The van der Waals surface area contributed by atoms with Crippen molar-refractivity contribution < 1.29 is 13.5 Å². The van der Waals surface area contributed by atoms with Gasteiger partial charge in [0.05, 0.1) is 0 Å². The number of hydrogen-bond acceptors (Lipinski definition) is 4. The predicted octanol–water partition coefficient (Wildman–Crippen LogP) is -0.523. The fourth-order valence-electron chi connectivity index (χ4n) is 2.01. The van der Waals surface area contributed by atoms with Crippen molar-refractivity contribution in [1.29, 1.82) is 0 Å². The second-order valence-electron chi connectivity index (χ2n) is 4.84. The number of nitrogens with zero attached hydrogens (tertiary/aromatic N) is 2. The predicted molar refractivity (Wildman–Crippen MR) is 71.5 cm³/mol. The van der Waals surface area contributed by atoms with Gasteiger partial charge in [-0.2, -0.15) is 12.7 Å². The van der Waals surface area contributed by atoms with E-state index in [9.17, 15) is 8.42 Å². The van der Waals surface area contributed by atoms with E-state index in [0.29, 0.717) is 26.2 Å². The maximum absolute atomic E-state index is 12.0. The van der Waals surface area contributed by atoms with Gasteiger partial charge in [-0.3, -0.25) is 0 Å². The van der Waals surface area contributed by atoms with Crippen LogP contribution in [0, 0.1) is 5.92 Å². The Hall–Kier alpha value is -0.210. The molecule has 0 aromatic carbocycles. The van der Waals surface area contributed by atoms with Crippen molar-refractivity contribution >= 4 is 10.2 Å². The molecule has 1 rings (SSSR count). The van der Waals surface area contributed by atoms with Gasteiger partial charge in [-0.1, -0.05) is 6.92 Å². The number of rotatable bonds is 7. The zero-order valence-corrected chi connectivity index (χ0v) is 12.1. The van der Waals surface area contributed by atoms with Gasteiger partial charge in [0, 0.05) is 32.8 Å². The zero-order chi connectivity index (χ0) is 13.6. The van der Waals surface area contributed by atoms with E-state index < -0.39 is 10.2 Å². The summed E-state index contributed by atoms with van der Waals surface area (Å²) in [6.07, 6.45) is 1.72. The molecule has 18 heavy (non-hydrogen) atoms. The zero-order valence-electron chi connectivity index (χ0n) is 11.3. The van der Waals surface area contributed by atoms with Gasteiger partial charge >= 0.3 is 0 Å². The molecule has 0 aliphatic carbocycles. The van der Waals surface area contributed by atoms with Crippen LogP contribution < -0.4 is 4.72 Å². The van der Waals surface area contributed by atoms with Crippen LogP contribution in [-0.4, -0.2) is 69.1 Å². The fourth-order valence-corrected chi connectivity index (χ4v) is 3.32. The summed E-state index contributed by atoms with van der Waals surface area (Å²) in [5, 5.41) is 9.11. The maximum atomic E-state index is 12.0. The van der Waals surface area contributed by atoms with Crippen LogP contribution in [0.5, 0.6) is 0 Å². The Morgan fingerprint density at radius 2 is 2.22 bits per heavy atom. The van der Waals surface area contributed by atoms with Gasteiger partial charge in [0.2, 0.25) is 0 Å². The van der Waals surface area contributed by atoms with Gasteiger partial charge in [0.1, 0.15) is 0 Å². The third-order valence-electron chi connectivity index (χ3n) is 3.40. The first-order valence-electron chi connectivity index (χ1n) is 6.53. The number of hydrogen-bond donors (Lipinski definition) is 2. The molecule has 1 atom stereocenters. The average Bonchev–Trinajstić information content (AvgIpc) is 2.38. The molecule has 1 heterocycles. The minimum atomic E-state index is -3.38. The van der Waals surface area contributed by atoms with Crippen molar-refractivity contribution in [3.63, 3.8) is 0 Å². The molecule has 1 unspecified atom stereocenters. The molecule has 7 heteroatoms. The van der Waals surface area contributed by atoms with E-state index >= 15 is 0 Å². The first kappa shape index (κ1) is 15.8.